The Kier molecular flexibility index (Phi) is 6.36. The first kappa shape index (κ1) is 14.6. The quantitative estimate of drug-likeness (QED) is 0.777. The molecule has 18 heavy (non-hydrogen) atoms. The maximum Gasteiger partial charge on any atom is 0.220 e. The molecule has 0 saturated heterocycles. The summed E-state index contributed by atoms with van der Waals surface area (Å²) in [5.41, 5.74) is 6.56. The maximum atomic E-state index is 11.8. The molecule has 0 saturated carbocycles. The van der Waals surface area contributed by atoms with Crippen LogP contribution in [0, 0.1) is 5.92 Å². The molecule has 2 atom stereocenters. The molecule has 1 aromatic heterocycles. The summed E-state index contributed by atoms with van der Waals surface area (Å²) in [4.78, 5) is 15.7. The number of aromatic nitrogens is 1. The molecule has 0 aliphatic rings. The Morgan fingerprint density at radius 2 is 2.00 bits per heavy atom. The van der Waals surface area contributed by atoms with Crippen LogP contribution in [-0.2, 0) is 4.79 Å². The summed E-state index contributed by atoms with van der Waals surface area (Å²) in [6.45, 7) is 4.80. The van der Waals surface area contributed by atoms with E-state index in [9.17, 15) is 4.79 Å². The topological polar surface area (TPSA) is 68.0 Å². The van der Waals surface area contributed by atoms with Gasteiger partial charge in [-0.1, -0.05) is 6.92 Å². The molecule has 0 aliphatic heterocycles. The van der Waals surface area contributed by atoms with Crippen molar-refractivity contribution in [3.8, 4) is 0 Å². The minimum Gasteiger partial charge on any atom is -0.350 e. The first-order chi connectivity index (χ1) is 8.63. The normalized spacial score (nSPS) is 13.9. The summed E-state index contributed by atoms with van der Waals surface area (Å²) in [6, 6.07) is 3.87. The summed E-state index contributed by atoms with van der Waals surface area (Å²) < 4.78 is 0. The van der Waals surface area contributed by atoms with Crippen molar-refractivity contribution in [3.63, 3.8) is 0 Å². The van der Waals surface area contributed by atoms with Crippen LogP contribution < -0.4 is 11.1 Å². The highest BCUT2D eigenvalue weighted by Gasteiger charge is 2.10. The number of nitrogens with zero attached hydrogens (tertiary/aromatic N) is 1. The first-order valence-electron chi connectivity index (χ1n) is 6.52. The predicted molar refractivity (Wildman–Crippen MR) is 72.9 cm³/mol. The third kappa shape index (κ3) is 5.27. The minimum atomic E-state index is 0.0327. The van der Waals surface area contributed by atoms with E-state index in [0.717, 1.165) is 18.4 Å². The Hall–Kier alpha value is -1.42. The second-order valence-electron chi connectivity index (χ2n) is 4.79. The van der Waals surface area contributed by atoms with E-state index in [4.69, 9.17) is 5.73 Å². The van der Waals surface area contributed by atoms with Gasteiger partial charge >= 0.3 is 0 Å². The van der Waals surface area contributed by atoms with Gasteiger partial charge in [0.15, 0.2) is 0 Å². The van der Waals surface area contributed by atoms with Gasteiger partial charge in [0.25, 0.3) is 0 Å². The van der Waals surface area contributed by atoms with Crippen LogP contribution in [0.4, 0.5) is 0 Å². The molecular weight excluding hydrogens is 226 g/mol. The van der Waals surface area contributed by atoms with Crippen molar-refractivity contribution in [1.82, 2.24) is 10.3 Å². The molecule has 0 spiro atoms. The average molecular weight is 249 g/mol. The number of nitrogens with two attached hydrogens (primary N) is 1. The fraction of sp³-hybridized carbons (Fsp3) is 0.571. The molecule has 0 aromatic carbocycles. The van der Waals surface area contributed by atoms with Gasteiger partial charge < -0.3 is 11.1 Å². The van der Waals surface area contributed by atoms with E-state index in [-0.39, 0.29) is 11.9 Å². The lowest BCUT2D eigenvalue weighted by Gasteiger charge is -2.15. The van der Waals surface area contributed by atoms with Crippen molar-refractivity contribution in [2.75, 3.05) is 6.54 Å². The molecule has 0 fully saturated rings. The van der Waals surface area contributed by atoms with E-state index in [1.54, 1.807) is 12.4 Å². The Balaban J connectivity index is 2.32. The second kappa shape index (κ2) is 7.82. The van der Waals surface area contributed by atoms with Crippen molar-refractivity contribution >= 4 is 5.91 Å². The van der Waals surface area contributed by atoms with Gasteiger partial charge in [0.1, 0.15) is 0 Å². The molecule has 1 amide bonds. The molecule has 0 bridgehead atoms. The second-order valence-corrected chi connectivity index (χ2v) is 4.79. The van der Waals surface area contributed by atoms with E-state index in [2.05, 4.69) is 17.2 Å². The number of hydrogen-bond acceptors (Lipinski definition) is 3. The summed E-state index contributed by atoms with van der Waals surface area (Å²) in [7, 11) is 0. The molecule has 100 valence electrons. The van der Waals surface area contributed by atoms with Crippen molar-refractivity contribution in [2.24, 2.45) is 11.7 Å². The van der Waals surface area contributed by atoms with Gasteiger partial charge in [0.2, 0.25) is 5.91 Å². The van der Waals surface area contributed by atoms with Gasteiger partial charge in [-0.25, -0.2) is 0 Å². The van der Waals surface area contributed by atoms with Crippen molar-refractivity contribution in [1.29, 1.82) is 0 Å². The lowest BCUT2D eigenvalue weighted by Crippen LogP contribution is -2.26. The lowest BCUT2D eigenvalue weighted by atomic mass is 10.0. The molecule has 4 nitrogen and oxygen atoms in total. The largest absolute Gasteiger partial charge is 0.350 e. The number of rotatable bonds is 7. The van der Waals surface area contributed by atoms with Gasteiger partial charge in [0, 0.05) is 18.8 Å². The predicted octanol–water partition coefficient (Wildman–Crippen LogP) is 2.02. The van der Waals surface area contributed by atoms with Crippen LogP contribution in [0.15, 0.2) is 24.5 Å². The van der Waals surface area contributed by atoms with E-state index >= 15 is 0 Å². The number of carbonyl (C=O) groups is 1. The van der Waals surface area contributed by atoms with Gasteiger partial charge in [-0.05, 0) is 49.9 Å². The molecule has 4 heteroatoms. The number of nitrogens with one attached hydrogen (secondary N) is 1. The van der Waals surface area contributed by atoms with Crippen LogP contribution in [0.5, 0.6) is 0 Å². The monoisotopic (exact) mass is 249 g/mol. The number of carbonyl (C=O) groups excluding carboxylic acids is 1. The zero-order chi connectivity index (χ0) is 13.4. The molecule has 0 radical (unpaired) electrons. The number of hydrogen-bond donors (Lipinski definition) is 2. The van der Waals surface area contributed by atoms with Crippen molar-refractivity contribution in [2.45, 2.75) is 39.2 Å². The molecular formula is C14H23N3O. The molecule has 0 aliphatic carbocycles. The highest BCUT2D eigenvalue weighted by Crippen LogP contribution is 2.12. The standard InChI is InChI=1S/C14H23N3O/c1-11(5-8-15)3-4-14(18)17-12(2)13-6-9-16-10-7-13/h6-7,9-12H,3-5,8,15H2,1-2H3,(H,17,18)/t11?,12-/m1/s1. The Morgan fingerprint density at radius 1 is 1.33 bits per heavy atom. The summed E-state index contributed by atoms with van der Waals surface area (Å²) >= 11 is 0. The Labute approximate surface area is 109 Å². The van der Waals surface area contributed by atoms with Crippen LogP contribution in [0.2, 0.25) is 0 Å². The summed E-state index contributed by atoms with van der Waals surface area (Å²) in [6.07, 6.45) is 5.92. The zero-order valence-electron chi connectivity index (χ0n) is 11.2. The highest BCUT2D eigenvalue weighted by molar-refractivity contribution is 5.76. The van der Waals surface area contributed by atoms with Gasteiger partial charge in [0.05, 0.1) is 6.04 Å². The van der Waals surface area contributed by atoms with Crippen LogP contribution in [0.1, 0.15) is 44.7 Å². The van der Waals surface area contributed by atoms with E-state index in [1.807, 2.05) is 19.1 Å². The average Bonchev–Trinajstić information content (AvgIpc) is 2.38. The van der Waals surface area contributed by atoms with Gasteiger partial charge in [-0.3, -0.25) is 9.78 Å². The SMILES string of the molecule is CC(CCN)CCC(=O)N[C@H](C)c1ccncc1. The van der Waals surface area contributed by atoms with Crippen LogP contribution in [-0.4, -0.2) is 17.4 Å². The maximum absolute atomic E-state index is 11.8. The molecule has 1 rings (SSSR count). The molecule has 1 aromatic rings. The van der Waals surface area contributed by atoms with Crippen LogP contribution >= 0.6 is 0 Å². The summed E-state index contributed by atoms with van der Waals surface area (Å²) in [5.74, 6) is 0.611. The molecule has 3 N–H and O–H groups in total. The van der Waals surface area contributed by atoms with Gasteiger partial charge in [-0.2, -0.15) is 0 Å². The van der Waals surface area contributed by atoms with E-state index in [1.165, 1.54) is 0 Å². The Bertz CT molecular complexity index is 353. The van der Waals surface area contributed by atoms with Crippen molar-refractivity contribution < 1.29 is 4.79 Å². The Morgan fingerprint density at radius 3 is 2.61 bits per heavy atom. The lowest BCUT2D eigenvalue weighted by molar-refractivity contribution is -0.122. The minimum absolute atomic E-state index is 0.0327. The van der Waals surface area contributed by atoms with Crippen LogP contribution in [0.3, 0.4) is 0 Å². The van der Waals surface area contributed by atoms with Crippen LogP contribution in [0.25, 0.3) is 0 Å². The molecule has 1 heterocycles. The third-order valence-electron chi connectivity index (χ3n) is 3.11. The first-order valence-corrected chi connectivity index (χ1v) is 6.52. The fourth-order valence-corrected chi connectivity index (χ4v) is 1.86. The zero-order valence-corrected chi connectivity index (χ0v) is 11.2. The fourth-order valence-electron chi connectivity index (χ4n) is 1.86. The van der Waals surface area contributed by atoms with Crippen molar-refractivity contribution in [3.05, 3.63) is 30.1 Å². The van der Waals surface area contributed by atoms with Gasteiger partial charge in [-0.15, -0.1) is 0 Å². The smallest absolute Gasteiger partial charge is 0.220 e. The highest BCUT2D eigenvalue weighted by atomic mass is 16.1. The van der Waals surface area contributed by atoms with E-state index in [0.29, 0.717) is 18.9 Å². The molecule has 1 unspecified atom stereocenters. The summed E-state index contributed by atoms with van der Waals surface area (Å²) in [5, 5.41) is 3.00. The van der Waals surface area contributed by atoms with E-state index < -0.39 is 0 Å². The third-order valence-corrected chi connectivity index (χ3v) is 3.11. The number of amides is 1. The number of pyridine rings is 1.